The predicted molar refractivity (Wildman–Crippen MR) is 121 cm³/mol. The molecule has 0 atom stereocenters. The minimum Gasteiger partial charge on any atom is -0.495 e. The number of para-hydroxylation sites is 1. The van der Waals surface area contributed by atoms with Gasteiger partial charge in [0.05, 0.1) is 23.0 Å². The SMILES string of the molecule is COc1c(Br)ccc(NS(=O)(=O)c2ccccc2NCCCCN(C)C)c1C(=O)O. The fourth-order valence-electron chi connectivity index (χ4n) is 2.88. The topological polar surface area (TPSA) is 108 Å². The van der Waals surface area contributed by atoms with Crippen LogP contribution in [-0.2, 0) is 10.0 Å². The molecule has 0 bridgehead atoms. The van der Waals surface area contributed by atoms with Gasteiger partial charge in [-0.3, -0.25) is 4.72 Å². The first-order valence-electron chi connectivity index (χ1n) is 9.27. The summed E-state index contributed by atoms with van der Waals surface area (Å²) >= 11 is 3.22. The lowest BCUT2D eigenvalue weighted by molar-refractivity contribution is 0.0694. The van der Waals surface area contributed by atoms with Crippen LogP contribution in [0.25, 0.3) is 0 Å². The average Bonchev–Trinajstić information content (AvgIpc) is 2.68. The molecular formula is C20H26BrN3O5S. The van der Waals surface area contributed by atoms with Gasteiger partial charge in [0.2, 0.25) is 0 Å². The Morgan fingerprint density at radius 2 is 1.83 bits per heavy atom. The summed E-state index contributed by atoms with van der Waals surface area (Å²) in [6.45, 7) is 1.57. The number of methoxy groups -OCH3 is 1. The maximum absolute atomic E-state index is 13.1. The lowest BCUT2D eigenvalue weighted by Crippen LogP contribution is -2.18. The Kier molecular flexibility index (Phi) is 8.51. The van der Waals surface area contributed by atoms with E-state index in [9.17, 15) is 18.3 Å². The number of ether oxygens (including phenoxy) is 1. The van der Waals surface area contributed by atoms with Crippen molar-refractivity contribution in [3.63, 3.8) is 0 Å². The fourth-order valence-corrected chi connectivity index (χ4v) is 4.63. The number of carbonyl (C=O) groups is 1. The van der Waals surface area contributed by atoms with Gasteiger partial charge in [-0.1, -0.05) is 12.1 Å². The van der Waals surface area contributed by atoms with Crippen LogP contribution >= 0.6 is 15.9 Å². The van der Waals surface area contributed by atoms with E-state index in [4.69, 9.17) is 4.74 Å². The van der Waals surface area contributed by atoms with Crippen LogP contribution in [0.5, 0.6) is 5.75 Å². The third-order valence-electron chi connectivity index (χ3n) is 4.30. The summed E-state index contributed by atoms with van der Waals surface area (Å²) in [5.41, 5.74) is 0.101. The highest BCUT2D eigenvalue weighted by molar-refractivity contribution is 9.10. The van der Waals surface area contributed by atoms with Gasteiger partial charge in [0.1, 0.15) is 16.2 Å². The van der Waals surface area contributed by atoms with E-state index in [0.717, 1.165) is 19.4 Å². The van der Waals surface area contributed by atoms with Gasteiger partial charge in [-0.15, -0.1) is 0 Å². The number of rotatable bonds is 11. The summed E-state index contributed by atoms with van der Waals surface area (Å²) < 4.78 is 34.0. The molecule has 164 valence electrons. The largest absolute Gasteiger partial charge is 0.495 e. The molecule has 0 aromatic heterocycles. The highest BCUT2D eigenvalue weighted by Crippen LogP contribution is 2.35. The Labute approximate surface area is 185 Å². The minimum absolute atomic E-state index is 0.0370. The number of benzene rings is 2. The van der Waals surface area contributed by atoms with Crippen LogP contribution in [0.2, 0.25) is 0 Å². The van der Waals surface area contributed by atoms with E-state index in [1.165, 1.54) is 25.3 Å². The van der Waals surface area contributed by atoms with Crippen molar-refractivity contribution in [1.82, 2.24) is 4.90 Å². The van der Waals surface area contributed by atoms with Gasteiger partial charge in [0.15, 0.2) is 0 Å². The maximum Gasteiger partial charge on any atom is 0.341 e. The molecule has 2 rings (SSSR count). The number of sulfonamides is 1. The number of halogens is 1. The van der Waals surface area contributed by atoms with Crippen molar-refractivity contribution in [3.05, 3.63) is 46.4 Å². The van der Waals surface area contributed by atoms with Crippen LogP contribution in [0.15, 0.2) is 45.8 Å². The van der Waals surface area contributed by atoms with Crippen molar-refractivity contribution in [2.75, 3.05) is 44.3 Å². The zero-order chi connectivity index (χ0) is 22.3. The Hall–Kier alpha value is -2.30. The number of hydrogen-bond donors (Lipinski definition) is 3. The summed E-state index contributed by atoms with van der Waals surface area (Å²) in [4.78, 5) is 13.9. The molecule has 0 fully saturated rings. The van der Waals surface area contributed by atoms with Gasteiger partial charge < -0.3 is 20.1 Å². The number of anilines is 2. The monoisotopic (exact) mass is 499 g/mol. The van der Waals surface area contributed by atoms with Crippen LogP contribution in [0.4, 0.5) is 11.4 Å². The van der Waals surface area contributed by atoms with Crippen LogP contribution in [0.1, 0.15) is 23.2 Å². The quantitative estimate of drug-likeness (QED) is 0.404. The van der Waals surface area contributed by atoms with Gasteiger partial charge in [-0.2, -0.15) is 0 Å². The van der Waals surface area contributed by atoms with E-state index >= 15 is 0 Å². The molecule has 3 N–H and O–H groups in total. The van der Waals surface area contributed by atoms with Crippen molar-refractivity contribution in [1.29, 1.82) is 0 Å². The molecule has 30 heavy (non-hydrogen) atoms. The molecule has 0 saturated heterocycles. The third-order valence-corrected chi connectivity index (χ3v) is 6.34. The van der Waals surface area contributed by atoms with E-state index in [-0.39, 0.29) is 21.9 Å². The van der Waals surface area contributed by atoms with Crippen LogP contribution < -0.4 is 14.8 Å². The third kappa shape index (κ3) is 6.10. The van der Waals surface area contributed by atoms with Crippen LogP contribution in [0.3, 0.4) is 0 Å². The minimum atomic E-state index is -4.05. The predicted octanol–water partition coefficient (Wildman–Crippen LogP) is 3.71. The van der Waals surface area contributed by atoms with Crippen molar-refractivity contribution >= 4 is 43.3 Å². The lowest BCUT2D eigenvalue weighted by atomic mass is 10.1. The molecule has 0 spiro atoms. The molecule has 0 heterocycles. The van der Waals surface area contributed by atoms with Gasteiger partial charge in [0.25, 0.3) is 10.0 Å². The number of carboxylic acids is 1. The molecule has 10 heteroatoms. The van der Waals surface area contributed by atoms with Crippen molar-refractivity contribution < 1.29 is 23.1 Å². The molecule has 2 aromatic carbocycles. The second kappa shape index (κ2) is 10.6. The molecular weight excluding hydrogens is 474 g/mol. The van der Waals surface area contributed by atoms with Gasteiger partial charge in [0, 0.05) is 6.54 Å². The number of hydrogen-bond acceptors (Lipinski definition) is 6. The Balaban J connectivity index is 2.28. The highest BCUT2D eigenvalue weighted by atomic mass is 79.9. The molecule has 0 saturated carbocycles. The average molecular weight is 500 g/mol. The number of carboxylic acid groups (broad SMARTS) is 1. The molecule has 8 nitrogen and oxygen atoms in total. The molecule has 0 amide bonds. The molecule has 0 aliphatic heterocycles. The smallest absolute Gasteiger partial charge is 0.341 e. The second-order valence-electron chi connectivity index (χ2n) is 6.85. The first-order valence-corrected chi connectivity index (χ1v) is 11.5. The van der Waals surface area contributed by atoms with Crippen LogP contribution in [0, 0.1) is 0 Å². The lowest BCUT2D eigenvalue weighted by Gasteiger charge is -2.17. The first kappa shape index (κ1) is 24.0. The summed E-state index contributed by atoms with van der Waals surface area (Å²) in [5.74, 6) is -1.27. The van der Waals surface area contributed by atoms with E-state index in [2.05, 4.69) is 30.9 Å². The highest BCUT2D eigenvalue weighted by Gasteiger charge is 2.25. The number of aromatic carboxylic acids is 1. The van der Waals surface area contributed by atoms with E-state index in [1.807, 2.05) is 14.1 Å². The first-order chi connectivity index (χ1) is 14.2. The van der Waals surface area contributed by atoms with Crippen molar-refractivity contribution in [2.45, 2.75) is 17.7 Å². The summed E-state index contributed by atoms with van der Waals surface area (Å²) in [5, 5.41) is 12.7. The number of nitrogens with one attached hydrogen (secondary N) is 2. The molecule has 2 aromatic rings. The maximum atomic E-state index is 13.1. The normalized spacial score (nSPS) is 11.4. The van der Waals surface area contributed by atoms with E-state index < -0.39 is 16.0 Å². The molecule has 0 unspecified atom stereocenters. The molecule has 0 radical (unpaired) electrons. The van der Waals surface area contributed by atoms with E-state index in [0.29, 0.717) is 16.7 Å². The zero-order valence-electron chi connectivity index (χ0n) is 17.1. The fraction of sp³-hybridized carbons (Fsp3) is 0.350. The van der Waals surface area contributed by atoms with Gasteiger partial charge in [-0.05, 0) is 73.7 Å². The van der Waals surface area contributed by atoms with Gasteiger partial charge >= 0.3 is 5.97 Å². The Morgan fingerprint density at radius 3 is 2.47 bits per heavy atom. The van der Waals surface area contributed by atoms with Gasteiger partial charge in [-0.25, -0.2) is 13.2 Å². The number of nitrogens with zero attached hydrogens (tertiary/aromatic N) is 1. The summed E-state index contributed by atoms with van der Waals surface area (Å²) in [6, 6.07) is 9.42. The summed E-state index contributed by atoms with van der Waals surface area (Å²) in [7, 11) is 1.28. The molecule has 0 aliphatic rings. The van der Waals surface area contributed by atoms with E-state index in [1.54, 1.807) is 18.2 Å². The Bertz CT molecular complexity index is 996. The van der Waals surface area contributed by atoms with Crippen molar-refractivity contribution in [2.24, 2.45) is 0 Å². The number of unbranched alkanes of at least 4 members (excludes halogenated alkanes) is 1. The standard InChI is InChI=1S/C20H26BrN3O5S/c1-24(2)13-7-6-12-22-15-8-4-5-9-17(15)30(27,28)23-16-11-10-14(21)19(29-3)18(16)20(25)26/h4-5,8-11,22-23H,6-7,12-13H2,1-3H3,(H,25,26). The van der Waals surface area contributed by atoms with Crippen molar-refractivity contribution in [3.8, 4) is 5.75 Å². The summed E-state index contributed by atoms with van der Waals surface area (Å²) in [6.07, 6.45) is 1.86. The van der Waals surface area contributed by atoms with Crippen LogP contribution in [-0.4, -0.2) is 58.7 Å². The second-order valence-corrected chi connectivity index (χ2v) is 9.35. The molecule has 0 aliphatic carbocycles. The zero-order valence-corrected chi connectivity index (χ0v) is 19.5. The Morgan fingerprint density at radius 1 is 1.13 bits per heavy atom.